The highest BCUT2D eigenvalue weighted by molar-refractivity contribution is 5.95. The number of H-pyrrole nitrogens is 1. The van der Waals surface area contributed by atoms with Crippen molar-refractivity contribution < 1.29 is 5.11 Å². The van der Waals surface area contributed by atoms with Crippen LogP contribution in [0.25, 0.3) is 27.9 Å². The zero-order chi connectivity index (χ0) is 28.9. The third-order valence-electron chi connectivity index (χ3n) is 9.99. The SMILES string of the molecule is CN1CCC(C2CC(c3cc4c(-c5cccc(N6Cc7ccc(C8CC8)cc7C=N6)c5CO)ncnc4[nH]3)=CCN2)CC1. The monoisotopic (exact) mass is 573 g/mol. The topological polar surface area (TPSA) is 92.7 Å². The van der Waals surface area contributed by atoms with E-state index in [1.54, 1.807) is 6.33 Å². The lowest BCUT2D eigenvalue weighted by molar-refractivity contribution is 0.186. The highest BCUT2D eigenvalue weighted by Crippen LogP contribution is 2.41. The zero-order valence-electron chi connectivity index (χ0n) is 24.8. The summed E-state index contributed by atoms with van der Waals surface area (Å²) < 4.78 is 0. The summed E-state index contributed by atoms with van der Waals surface area (Å²) in [7, 11) is 2.22. The molecule has 1 aliphatic carbocycles. The number of fused-ring (bicyclic) bond motifs is 2. The Morgan fingerprint density at radius 2 is 1.91 bits per heavy atom. The number of hydrogen-bond acceptors (Lipinski definition) is 7. The van der Waals surface area contributed by atoms with Gasteiger partial charge in [0.2, 0.25) is 0 Å². The summed E-state index contributed by atoms with van der Waals surface area (Å²) in [5.74, 6) is 1.43. The van der Waals surface area contributed by atoms with Gasteiger partial charge in [0, 0.05) is 34.8 Å². The fourth-order valence-corrected chi connectivity index (χ4v) is 7.27. The Balaban J connectivity index is 1.09. The number of nitrogens with one attached hydrogen (secondary N) is 2. The van der Waals surface area contributed by atoms with Crippen molar-refractivity contribution in [3.63, 3.8) is 0 Å². The van der Waals surface area contributed by atoms with E-state index in [9.17, 15) is 5.11 Å². The quantitative estimate of drug-likeness (QED) is 0.285. The number of hydrogen-bond donors (Lipinski definition) is 3. The van der Waals surface area contributed by atoms with E-state index in [0.717, 1.165) is 58.1 Å². The first-order valence-electron chi connectivity index (χ1n) is 15.8. The normalized spacial score (nSPS) is 21.3. The molecule has 1 unspecified atom stereocenters. The minimum Gasteiger partial charge on any atom is -0.392 e. The van der Waals surface area contributed by atoms with E-state index < -0.39 is 0 Å². The van der Waals surface area contributed by atoms with Gasteiger partial charge in [0.15, 0.2) is 0 Å². The molecule has 2 aromatic heterocycles. The molecule has 43 heavy (non-hydrogen) atoms. The molecular weight excluding hydrogens is 534 g/mol. The smallest absolute Gasteiger partial charge is 0.141 e. The molecule has 8 rings (SSSR count). The van der Waals surface area contributed by atoms with Crippen molar-refractivity contribution in [1.82, 2.24) is 25.2 Å². The number of nitrogens with zero attached hydrogens (tertiary/aromatic N) is 5. The molecule has 3 N–H and O–H groups in total. The summed E-state index contributed by atoms with van der Waals surface area (Å²) in [4.78, 5) is 15.4. The Hall–Kier alpha value is -3.85. The second kappa shape index (κ2) is 11.0. The van der Waals surface area contributed by atoms with Gasteiger partial charge >= 0.3 is 0 Å². The van der Waals surface area contributed by atoms with E-state index in [4.69, 9.17) is 10.1 Å². The van der Waals surface area contributed by atoms with Crippen molar-refractivity contribution in [1.29, 1.82) is 0 Å². The van der Waals surface area contributed by atoms with Gasteiger partial charge in [-0.3, -0.25) is 5.01 Å². The van der Waals surface area contributed by atoms with Crippen molar-refractivity contribution in [2.75, 3.05) is 31.7 Å². The van der Waals surface area contributed by atoms with Gasteiger partial charge in [-0.25, -0.2) is 9.97 Å². The lowest BCUT2D eigenvalue weighted by Crippen LogP contribution is -2.44. The van der Waals surface area contributed by atoms with E-state index in [2.05, 4.69) is 57.6 Å². The van der Waals surface area contributed by atoms with E-state index in [1.165, 1.54) is 61.0 Å². The van der Waals surface area contributed by atoms with Crippen molar-refractivity contribution in [2.24, 2.45) is 11.0 Å². The van der Waals surface area contributed by atoms with Crippen LogP contribution in [0.1, 0.15) is 66.0 Å². The average molecular weight is 574 g/mol. The molecule has 1 atom stereocenters. The summed E-state index contributed by atoms with van der Waals surface area (Å²) >= 11 is 0. The van der Waals surface area contributed by atoms with Crippen LogP contribution < -0.4 is 10.3 Å². The van der Waals surface area contributed by atoms with Gasteiger partial charge in [0.1, 0.15) is 12.0 Å². The van der Waals surface area contributed by atoms with Crippen LogP contribution in [0.3, 0.4) is 0 Å². The number of hydrazone groups is 1. The Labute approximate surface area is 252 Å². The van der Waals surface area contributed by atoms with Gasteiger partial charge in [-0.2, -0.15) is 5.10 Å². The molecule has 8 heteroatoms. The van der Waals surface area contributed by atoms with Crippen LogP contribution in [0.2, 0.25) is 0 Å². The molecule has 8 nitrogen and oxygen atoms in total. The predicted molar refractivity (Wildman–Crippen MR) is 172 cm³/mol. The minimum atomic E-state index is -0.108. The summed E-state index contributed by atoms with van der Waals surface area (Å²) in [6.45, 7) is 3.80. The molecule has 5 heterocycles. The van der Waals surface area contributed by atoms with Gasteiger partial charge in [-0.15, -0.1) is 0 Å². The average Bonchev–Trinajstić information content (AvgIpc) is 3.82. The largest absolute Gasteiger partial charge is 0.392 e. The first-order chi connectivity index (χ1) is 21.1. The maximum Gasteiger partial charge on any atom is 0.141 e. The first-order valence-corrected chi connectivity index (χ1v) is 15.8. The number of aliphatic hydroxyl groups is 1. The van der Waals surface area contributed by atoms with E-state index in [0.29, 0.717) is 18.5 Å². The van der Waals surface area contributed by atoms with Crippen molar-refractivity contribution in [2.45, 2.75) is 57.2 Å². The van der Waals surface area contributed by atoms with Gasteiger partial charge < -0.3 is 20.3 Å². The Morgan fingerprint density at radius 1 is 1.02 bits per heavy atom. The van der Waals surface area contributed by atoms with Crippen molar-refractivity contribution >= 4 is 28.5 Å². The lowest BCUT2D eigenvalue weighted by Gasteiger charge is -2.36. The van der Waals surface area contributed by atoms with Gasteiger partial charge in [-0.1, -0.05) is 30.3 Å². The lowest BCUT2D eigenvalue weighted by atomic mass is 9.84. The fraction of sp³-hybridized carbons (Fsp3) is 0.400. The summed E-state index contributed by atoms with van der Waals surface area (Å²) in [6.07, 6.45) is 12.0. The molecule has 1 saturated heterocycles. The highest BCUT2D eigenvalue weighted by atomic mass is 16.3. The number of likely N-dealkylation sites (tertiary alicyclic amines) is 1. The number of benzene rings is 2. The van der Waals surface area contributed by atoms with Crippen LogP contribution in [-0.4, -0.2) is 63.9 Å². The molecule has 1 saturated carbocycles. The Morgan fingerprint density at radius 3 is 2.74 bits per heavy atom. The van der Waals surface area contributed by atoms with Crippen LogP contribution in [0.4, 0.5) is 5.69 Å². The van der Waals surface area contributed by atoms with Crippen LogP contribution >= 0.6 is 0 Å². The summed E-state index contributed by atoms with van der Waals surface area (Å²) in [5, 5.41) is 22.3. The number of aromatic amines is 1. The first kappa shape index (κ1) is 26.8. The molecule has 0 radical (unpaired) electrons. The zero-order valence-corrected chi connectivity index (χ0v) is 24.8. The molecule has 4 aromatic rings. The maximum atomic E-state index is 10.7. The third kappa shape index (κ3) is 5.07. The Bertz CT molecular complexity index is 1730. The minimum absolute atomic E-state index is 0.108. The number of aromatic nitrogens is 3. The standard InChI is InChI=1S/C35H39N7O/c1-41-13-10-23(11-14-41)31-16-25(9-12-36-31)32-17-29-34(37-21-38-35(29)40-32)28-3-2-4-33(30(28)20-43)42-19-26-8-7-24(22-5-6-22)15-27(26)18-39-42/h2-4,7-9,15,17-18,21-23,31,36,43H,5-6,10-14,16,19-20H2,1H3,(H,37,38,40). The van der Waals surface area contributed by atoms with Gasteiger partial charge in [0.05, 0.1) is 30.7 Å². The third-order valence-corrected chi connectivity index (χ3v) is 9.99. The Kier molecular flexibility index (Phi) is 6.85. The number of rotatable bonds is 6. The number of piperidine rings is 1. The highest BCUT2D eigenvalue weighted by Gasteiger charge is 2.29. The molecule has 0 amide bonds. The van der Waals surface area contributed by atoms with Crippen molar-refractivity contribution in [3.8, 4) is 11.3 Å². The predicted octanol–water partition coefficient (Wildman–Crippen LogP) is 5.44. The van der Waals surface area contributed by atoms with E-state index in [1.807, 2.05) is 29.4 Å². The van der Waals surface area contributed by atoms with Crippen LogP contribution in [0, 0.1) is 5.92 Å². The molecule has 2 aromatic carbocycles. The summed E-state index contributed by atoms with van der Waals surface area (Å²) in [5.41, 5.74) is 10.6. The van der Waals surface area contributed by atoms with Crippen LogP contribution in [0.15, 0.2) is 60.0 Å². The van der Waals surface area contributed by atoms with Gasteiger partial charge in [0.25, 0.3) is 0 Å². The van der Waals surface area contributed by atoms with Crippen LogP contribution in [-0.2, 0) is 13.2 Å². The molecule has 0 spiro atoms. The summed E-state index contributed by atoms with van der Waals surface area (Å²) in [6, 6.07) is 15.6. The van der Waals surface area contributed by atoms with E-state index in [-0.39, 0.29) is 6.61 Å². The molecule has 2 fully saturated rings. The molecular formula is C35H39N7O. The number of aliphatic hydroxyl groups excluding tert-OH is 1. The molecule has 3 aliphatic heterocycles. The molecule has 0 bridgehead atoms. The molecule has 220 valence electrons. The maximum absolute atomic E-state index is 10.7. The number of anilines is 1. The second-order valence-electron chi connectivity index (χ2n) is 12.8. The molecule has 4 aliphatic rings. The van der Waals surface area contributed by atoms with E-state index >= 15 is 0 Å². The van der Waals surface area contributed by atoms with Crippen LogP contribution in [0.5, 0.6) is 0 Å². The second-order valence-corrected chi connectivity index (χ2v) is 12.8. The fourth-order valence-electron chi connectivity index (χ4n) is 7.27. The van der Waals surface area contributed by atoms with Gasteiger partial charge in [-0.05, 0) is 105 Å². The van der Waals surface area contributed by atoms with Crippen molar-refractivity contribution in [3.05, 3.63) is 82.8 Å².